The third-order valence-corrected chi connectivity index (χ3v) is 3.18. The summed E-state index contributed by atoms with van der Waals surface area (Å²) in [6, 6.07) is 1.95. The van der Waals surface area contributed by atoms with Crippen LogP contribution in [-0.4, -0.2) is 0 Å². The molecule has 0 saturated carbocycles. The predicted octanol–water partition coefficient (Wildman–Crippen LogP) is 2.66. The molecule has 1 rings (SSSR count). The highest BCUT2D eigenvalue weighted by Gasteiger charge is 2.00. The van der Waals surface area contributed by atoms with Crippen molar-refractivity contribution in [2.24, 2.45) is 0 Å². The van der Waals surface area contributed by atoms with Crippen LogP contribution in [0, 0.1) is 0 Å². The van der Waals surface area contributed by atoms with Gasteiger partial charge < -0.3 is 5.73 Å². The van der Waals surface area contributed by atoms with Crippen molar-refractivity contribution in [3.8, 4) is 0 Å². The van der Waals surface area contributed by atoms with Gasteiger partial charge in [-0.15, -0.1) is 11.3 Å². The predicted molar refractivity (Wildman–Crippen MR) is 45.8 cm³/mol. The smallest absolute Gasteiger partial charge is 0.0870 e. The minimum atomic E-state index is 0.888. The van der Waals surface area contributed by atoms with E-state index >= 15 is 0 Å². The highest BCUT2D eigenvalue weighted by molar-refractivity contribution is 9.10. The summed E-state index contributed by atoms with van der Waals surface area (Å²) in [5.41, 5.74) is 5.54. The SMILES string of the molecule is CCc1sc(N)cc1Br. The molecule has 3 heteroatoms. The first-order chi connectivity index (χ1) is 4.24. The van der Waals surface area contributed by atoms with Crippen molar-refractivity contribution in [1.29, 1.82) is 0 Å². The molecule has 1 aromatic heterocycles. The average molecular weight is 206 g/mol. The van der Waals surface area contributed by atoms with Crippen molar-refractivity contribution in [2.75, 3.05) is 5.73 Å². The van der Waals surface area contributed by atoms with Gasteiger partial charge in [-0.2, -0.15) is 0 Å². The van der Waals surface area contributed by atoms with Gasteiger partial charge in [-0.3, -0.25) is 0 Å². The minimum Gasteiger partial charge on any atom is -0.391 e. The quantitative estimate of drug-likeness (QED) is 0.750. The van der Waals surface area contributed by atoms with Gasteiger partial charge in [0.25, 0.3) is 0 Å². The Hall–Kier alpha value is -0.0200. The fourth-order valence-corrected chi connectivity index (χ4v) is 2.35. The van der Waals surface area contributed by atoms with Crippen LogP contribution < -0.4 is 5.73 Å². The molecule has 0 aromatic carbocycles. The molecule has 9 heavy (non-hydrogen) atoms. The first kappa shape index (κ1) is 7.09. The van der Waals surface area contributed by atoms with Crippen LogP contribution in [0.3, 0.4) is 0 Å². The summed E-state index contributed by atoms with van der Waals surface area (Å²) in [5.74, 6) is 0. The first-order valence-corrected chi connectivity index (χ1v) is 4.38. The second-order valence-corrected chi connectivity index (χ2v) is 3.80. The number of hydrogen-bond donors (Lipinski definition) is 1. The number of halogens is 1. The fraction of sp³-hybridized carbons (Fsp3) is 0.333. The Kier molecular flexibility index (Phi) is 2.13. The van der Waals surface area contributed by atoms with Crippen LogP contribution in [0.4, 0.5) is 5.00 Å². The van der Waals surface area contributed by atoms with Gasteiger partial charge >= 0.3 is 0 Å². The second-order valence-electron chi connectivity index (χ2n) is 1.77. The van der Waals surface area contributed by atoms with E-state index in [1.807, 2.05) is 6.07 Å². The molecular formula is C6H8BrNS. The summed E-state index contributed by atoms with van der Waals surface area (Å²) in [5, 5.41) is 0.888. The second kappa shape index (κ2) is 2.71. The van der Waals surface area contributed by atoms with Crippen molar-refractivity contribution in [3.05, 3.63) is 15.4 Å². The normalized spacial score (nSPS) is 10.0. The zero-order valence-electron chi connectivity index (χ0n) is 5.15. The van der Waals surface area contributed by atoms with E-state index in [4.69, 9.17) is 5.73 Å². The summed E-state index contributed by atoms with van der Waals surface area (Å²) in [6.45, 7) is 2.12. The molecule has 50 valence electrons. The van der Waals surface area contributed by atoms with Crippen LogP contribution in [0.5, 0.6) is 0 Å². The Labute approximate surface area is 67.0 Å². The van der Waals surface area contributed by atoms with Crippen LogP contribution in [0.25, 0.3) is 0 Å². The van der Waals surface area contributed by atoms with Crippen LogP contribution >= 0.6 is 27.3 Å². The lowest BCUT2D eigenvalue weighted by molar-refractivity contribution is 1.18. The highest BCUT2D eigenvalue weighted by Crippen LogP contribution is 2.28. The lowest BCUT2D eigenvalue weighted by Crippen LogP contribution is -1.72. The van der Waals surface area contributed by atoms with E-state index in [-0.39, 0.29) is 0 Å². The van der Waals surface area contributed by atoms with Gasteiger partial charge in [0, 0.05) is 9.35 Å². The molecule has 0 bridgehead atoms. The van der Waals surface area contributed by atoms with Crippen LogP contribution in [0.15, 0.2) is 10.5 Å². The molecule has 0 amide bonds. The zero-order valence-corrected chi connectivity index (χ0v) is 7.55. The van der Waals surface area contributed by atoms with Crippen molar-refractivity contribution in [2.45, 2.75) is 13.3 Å². The Morgan fingerprint density at radius 3 is 2.67 bits per heavy atom. The van der Waals surface area contributed by atoms with Gasteiger partial charge in [0.1, 0.15) is 0 Å². The Morgan fingerprint density at radius 2 is 2.44 bits per heavy atom. The van der Waals surface area contributed by atoms with Crippen LogP contribution in [-0.2, 0) is 6.42 Å². The number of anilines is 1. The molecule has 1 aromatic rings. The van der Waals surface area contributed by atoms with E-state index in [2.05, 4.69) is 22.9 Å². The first-order valence-electron chi connectivity index (χ1n) is 2.77. The van der Waals surface area contributed by atoms with Crippen molar-refractivity contribution >= 4 is 32.3 Å². The number of nitrogen functional groups attached to an aromatic ring is 1. The Balaban J connectivity index is 3.01. The van der Waals surface area contributed by atoms with E-state index < -0.39 is 0 Å². The lowest BCUT2D eigenvalue weighted by atomic mass is 10.4. The minimum absolute atomic E-state index is 0.888. The lowest BCUT2D eigenvalue weighted by Gasteiger charge is -1.85. The monoisotopic (exact) mass is 205 g/mol. The van der Waals surface area contributed by atoms with Crippen molar-refractivity contribution < 1.29 is 0 Å². The topological polar surface area (TPSA) is 26.0 Å². The molecule has 2 N–H and O–H groups in total. The standard InChI is InChI=1S/C6H8BrNS/c1-2-5-4(7)3-6(8)9-5/h3H,2,8H2,1H3. The number of nitrogens with two attached hydrogens (primary N) is 1. The molecule has 0 atom stereocenters. The van der Waals surface area contributed by atoms with Crippen LogP contribution in [0.2, 0.25) is 0 Å². The van der Waals surface area contributed by atoms with Crippen molar-refractivity contribution in [1.82, 2.24) is 0 Å². The molecule has 1 nitrogen and oxygen atoms in total. The maximum Gasteiger partial charge on any atom is 0.0870 e. The molecule has 0 fully saturated rings. The van der Waals surface area contributed by atoms with Gasteiger partial charge in [-0.1, -0.05) is 6.92 Å². The molecule has 1 heterocycles. The highest BCUT2D eigenvalue weighted by atomic mass is 79.9. The number of thiophene rings is 1. The van der Waals surface area contributed by atoms with Crippen LogP contribution in [0.1, 0.15) is 11.8 Å². The largest absolute Gasteiger partial charge is 0.391 e. The van der Waals surface area contributed by atoms with E-state index in [9.17, 15) is 0 Å². The summed E-state index contributed by atoms with van der Waals surface area (Å²) in [4.78, 5) is 1.33. The average Bonchev–Trinajstić information content (AvgIpc) is 2.10. The third kappa shape index (κ3) is 1.46. The Bertz CT molecular complexity index is 207. The van der Waals surface area contributed by atoms with Gasteiger partial charge in [0.15, 0.2) is 0 Å². The van der Waals surface area contributed by atoms with Gasteiger partial charge in [0.05, 0.1) is 5.00 Å². The third-order valence-electron chi connectivity index (χ3n) is 1.10. The molecule has 0 aliphatic rings. The van der Waals surface area contributed by atoms with E-state index in [0.29, 0.717) is 0 Å². The van der Waals surface area contributed by atoms with Crippen molar-refractivity contribution in [3.63, 3.8) is 0 Å². The maximum atomic E-state index is 5.54. The van der Waals surface area contributed by atoms with Gasteiger partial charge in [-0.05, 0) is 28.4 Å². The van der Waals surface area contributed by atoms with E-state index in [1.165, 1.54) is 4.88 Å². The van der Waals surface area contributed by atoms with E-state index in [0.717, 1.165) is 15.9 Å². The summed E-state index contributed by atoms with van der Waals surface area (Å²) in [6.07, 6.45) is 1.06. The Morgan fingerprint density at radius 1 is 1.78 bits per heavy atom. The number of hydrogen-bond acceptors (Lipinski definition) is 2. The fourth-order valence-electron chi connectivity index (χ4n) is 0.667. The molecule has 0 aliphatic heterocycles. The zero-order chi connectivity index (χ0) is 6.85. The maximum absolute atomic E-state index is 5.54. The van der Waals surface area contributed by atoms with E-state index in [1.54, 1.807) is 11.3 Å². The molecule has 0 radical (unpaired) electrons. The molecule has 0 unspecified atom stereocenters. The molecule has 0 spiro atoms. The number of aryl methyl sites for hydroxylation is 1. The summed E-state index contributed by atoms with van der Waals surface area (Å²) in [7, 11) is 0. The number of rotatable bonds is 1. The van der Waals surface area contributed by atoms with Gasteiger partial charge in [0.2, 0.25) is 0 Å². The molecule has 0 saturated heterocycles. The molecular weight excluding hydrogens is 198 g/mol. The van der Waals surface area contributed by atoms with Gasteiger partial charge in [-0.25, -0.2) is 0 Å². The molecule has 0 aliphatic carbocycles. The summed E-state index contributed by atoms with van der Waals surface area (Å²) < 4.78 is 1.15. The summed E-state index contributed by atoms with van der Waals surface area (Å²) >= 11 is 5.05.